The molecule has 2 atom stereocenters. The van der Waals surface area contributed by atoms with Crippen LogP contribution < -0.4 is 15.4 Å². The first kappa shape index (κ1) is 19.9. The summed E-state index contributed by atoms with van der Waals surface area (Å²) >= 11 is 5.99. The molecule has 1 aliphatic heterocycles. The number of nitrogens with one attached hydrogen (secondary N) is 2. The average molecular weight is 371 g/mol. The number of benzene rings is 1. The number of aldehydes is 1. The third-order valence-electron chi connectivity index (χ3n) is 2.75. The van der Waals surface area contributed by atoms with Crippen LogP contribution in [0.15, 0.2) is 36.0 Å². The van der Waals surface area contributed by atoms with Crippen LogP contribution in [0.5, 0.6) is 5.75 Å². The van der Waals surface area contributed by atoms with E-state index in [1.165, 1.54) is 24.3 Å². The number of urea groups is 1. The first-order valence-electron chi connectivity index (χ1n) is 5.90. The Bertz CT molecular complexity index is 722. The van der Waals surface area contributed by atoms with Gasteiger partial charge in [0.15, 0.2) is 10.9 Å². The van der Waals surface area contributed by atoms with Crippen molar-refractivity contribution in [3.05, 3.63) is 41.6 Å². The van der Waals surface area contributed by atoms with E-state index < -0.39 is 27.1 Å². The molecular formula is C12H12ClN2NaO6S. The molecule has 23 heavy (non-hydrogen) atoms. The van der Waals surface area contributed by atoms with Gasteiger partial charge >= 0.3 is 35.6 Å². The number of ether oxygens (including phenoxy) is 1. The second-order valence-electron chi connectivity index (χ2n) is 4.28. The maximum absolute atomic E-state index is 11.3. The Hall–Kier alpha value is -1.10. The van der Waals surface area contributed by atoms with E-state index in [2.05, 4.69) is 5.32 Å². The summed E-state index contributed by atoms with van der Waals surface area (Å²) in [6.45, 7) is 0. The van der Waals surface area contributed by atoms with Gasteiger partial charge in [0.1, 0.15) is 12.0 Å². The number of hydrogen-bond acceptors (Lipinski definition) is 5. The standard InChI is InChI=1S/C12H11ClN2O6S.Na.H/c13-10(21-8-3-1-7(6-16)2-4-8)9-5-14-12(17)15-11(9)22(18,19)20;;/h1-6,10-11H,(H2,14,15,17)(H,18,19,20);;. The third-order valence-corrected chi connectivity index (χ3v) is 4.08. The van der Waals surface area contributed by atoms with Crippen molar-refractivity contribution >= 4 is 63.6 Å². The summed E-state index contributed by atoms with van der Waals surface area (Å²) in [5.74, 6) is 0.275. The Labute approximate surface area is 159 Å². The Balaban J connectivity index is 0.00000264. The second kappa shape index (κ2) is 8.13. The zero-order valence-corrected chi connectivity index (χ0v) is 12.5. The second-order valence-corrected chi connectivity index (χ2v) is 6.18. The molecule has 120 valence electrons. The molecule has 0 radical (unpaired) electrons. The summed E-state index contributed by atoms with van der Waals surface area (Å²) in [6, 6.07) is 5.11. The zero-order chi connectivity index (χ0) is 16.3. The fourth-order valence-electron chi connectivity index (χ4n) is 1.71. The Kier molecular flexibility index (Phi) is 7.05. The Morgan fingerprint density at radius 2 is 1.91 bits per heavy atom. The monoisotopic (exact) mass is 370 g/mol. The van der Waals surface area contributed by atoms with E-state index >= 15 is 0 Å². The van der Waals surface area contributed by atoms with Crippen LogP contribution in [0.2, 0.25) is 0 Å². The third kappa shape index (κ3) is 5.20. The molecule has 2 amide bonds. The van der Waals surface area contributed by atoms with Gasteiger partial charge in [-0.15, -0.1) is 0 Å². The van der Waals surface area contributed by atoms with Gasteiger partial charge in [-0.1, -0.05) is 11.6 Å². The number of rotatable bonds is 5. The van der Waals surface area contributed by atoms with Crippen LogP contribution in [0, 0.1) is 0 Å². The predicted octanol–water partition coefficient (Wildman–Crippen LogP) is 0.205. The van der Waals surface area contributed by atoms with Gasteiger partial charge in [-0.25, -0.2) is 4.79 Å². The minimum atomic E-state index is -4.61. The van der Waals surface area contributed by atoms with E-state index in [-0.39, 0.29) is 40.9 Å². The molecule has 1 aliphatic rings. The normalized spacial score (nSPS) is 18.6. The first-order valence-corrected chi connectivity index (χ1v) is 7.84. The number of halogens is 1. The molecule has 0 spiro atoms. The molecule has 0 aliphatic carbocycles. The van der Waals surface area contributed by atoms with Gasteiger partial charge in [0.05, 0.1) is 0 Å². The van der Waals surface area contributed by atoms with E-state index in [9.17, 15) is 18.0 Å². The van der Waals surface area contributed by atoms with Gasteiger partial charge in [0.2, 0.25) is 0 Å². The van der Waals surface area contributed by atoms with Gasteiger partial charge in [-0.05, 0) is 24.3 Å². The van der Waals surface area contributed by atoms with Crippen molar-refractivity contribution in [3.63, 3.8) is 0 Å². The zero-order valence-electron chi connectivity index (χ0n) is 10.9. The molecule has 0 saturated heterocycles. The van der Waals surface area contributed by atoms with Gasteiger partial charge in [0.25, 0.3) is 10.1 Å². The number of carbonyl (C=O) groups excluding carboxylic acids is 2. The van der Waals surface area contributed by atoms with E-state index in [0.29, 0.717) is 11.8 Å². The fraction of sp³-hybridized carbons (Fsp3) is 0.167. The van der Waals surface area contributed by atoms with Crippen molar-refractivity contribution in [2.24, 2.45) is 0 Å². The summed E-state index contributed by atoms with van der Waals surface area (Å²) in [6.07, 6.45) is 1.70. The number of hydrogen-bond donors (Lipinski definition) is 3. The van der Waals surface area contributed by atoms with E-state index in [0.717, 1.165) is 6.20 Å². The van der Waals surface area contributed by atoms with Crippen molar-refractivity contribution < 1.29 is 27.3 Å². The summed E-state index contributed by atoms with van der Waals surface area (Å²) in [5.41, 5.74) is -0.939. The number of carbonyl (C=O) groups is 2. The molecule has 1 aromatic rings. The van der Waals surface area contributed by atoms with Gasteiger partial charge in [0, 0.05) is 17.3 Å². The van der Waals surface area contributed by atoms with E-state index in [1.54, 1.807) is 0 Å². The van der Waals surface area contributed by atoms with Crippen LogP contribution in [0.25, 0.3) is 0 Å². The van der Waals surface area contributed by atoms with E-state index in [4.69, 9.17) is 20.9 Å². The molecule has 0 saturated carbocycles. The summed E-state index contributed by atoms with van der Waals surface area (Å²) in [4.78, 5) is 21.7. The van der Waals surface area contributed by atoms with Crippen molar-refractivity contribution in [1.29, 1.82) is 0 Å². The predicted molar refractivity (Wildman–Crippen MR) is 84.3 cm³/mol. The van der Waals surface area contributed by atoms with Crippen molar-refractivity contribution in [3.8, 4) is 5.75 Å². The van der Waals surface area contributed by atoms with Crippen LogP contribution in [0.1, 0.15) is 10.4 Å². The first-order chi connectivity index (χ1) is 10.3. The Morgan fingerprint density at radius 3 is 2.43 bits per heavy atom. The molecule has 11 heteroatoms. The molecule has 2 rings (SSSR count). The molecule has 0 bridgehead atoms. The van der Waals surface area contributed by atoms with E-state index in [1.807, 2.05) is 5.32 Å². The van der Waals surface area contributed by atoms with Crippen LogP contribution >= 0.6 is 11.6 Å². The summed E-state index contributed by atoms with van der Waals surface area (Å²) in [5, 5.41) is 2.53. The molecule has 3 N–H and O–H groups in total. The van der Waals surface area contributed by atoms with Crippen LogP contribution in [0.3, 0.4) is 0 Å². The van der Waals surface area contributed by atoms with Crippen LogP contribution in [-0.2, 0) is 10.1 Å². The van der Waals surface area contributed by atoms with Gasteiger partial charge in [-0.3, -0.25) is 9.35 Å². The molecule has 0 aromatic heterocycles. The van der Waals surface area contributed by atoms with Crippen molar-refractivity contribution in [2.45, 2.75) is 10.9 Å². The molecule has 2 unspecified atom stereocenters. The SMILES string of the molecule is O=Cc1ccc(OC(Cl)C2=CNC(=O)NC2S(=O)(=O)O)cc1.[NaH]. The molecule has 0 fully saturated rings. The maximum atomic E-state index is 11.3. The molecule has 8 nitrogen and oxygen atoms in total. The molecule has 1 heterocycles. The quantitative estimate of drug-likeness (QED) is 0.295. The fourth-order valence-corrected chi connectivity index (χ4v) is 2.87. The van der Waals surface area contributed by atoms with Crippen LogP contribution in [-0.4, -0.2) is 65.8 Å². The number of alkyl halides is 1. The Morgan fingerprint density at radius 1 is 1.30 bits per heavy atom. The van der Waals surface area contributed by atoms with Crippen molar-refractivity contribution in [1.82, 2.24) is 10.6 Å². The topological polar surface area (TPSA) is 122 Å². The van der Waals surface area contributed by atoms with Gasteiger partial charge < -0.3 is 15.4 Å². The summed E-state index contributed by atoms with van der Waals surface area (Å²) < 4.78 is 37.1. The van der Waals surface area contributed by atoms with Crippen molar-refractivity contribution in [2.75, 3.05) is 0 Å². The summed E-state index contributed by atoms with van der Waals surface area (Å²) in [7, 11) is -4.61. The molecule has 1 aromatic carbocycles. The van der Waals surface area contributed by atoms with Crippen LogP contribution in [0.4, 0.5) is 4.79 Å². The number of amides is 2. The van der Waals surface area contributed by atoms with Gasteiger partial charge in [-0.2, -0.15) is 8.42 Å². The molecular weight excluding hydrogens is 359 g/mol. The minimum absolute atomic E-state index is 0. The average Bonchev–Trinajstić information content (AvgIpc) is 2.47.